The highest BCUT2D eigenvalue weighted by Gasteiger charge is 2.12. The molecule has 1 atom stereocenters. The predicted molar refractivity (Wildman–Crippen MR) is 59.8 cm³/mol. The fourth-order valence-corrected chi connectivity index (χ4v) is 1.57. The van der Waals surface area contributed by atoms with Gasteiger partial charge < -0.3 is 20.5 Å². The zero-order valence-electron chi connectivity index (χ0n) is 9.54. The summed E-state index contributed by atoms with van der Waals surface area (Å²) in [7, 11) is 0. The lowest BCUT2D eigenvalue weighted by atomic mass is 10.3. The molecular formula is C10H23N3O2. The lowest BCUT2D eigenvalue weighted by Gasteiger charge is -2.29. The highest BCUT2D eigenvalue weighted by Crippen LogP contribution is 1.95. The fourth-order valence-electron chi connectivity index (χ4n) is 1.57. The van der Waals surface area contributed by atoms with Crippen molar-refractivity contribution in [3.05, 3.63) is 0 Å². The van der Waals surface area contributed by atoms with E-state index in [4.69, 9.17) is 9.84 Å². The van der Waals surface area contributed by atoms with E-state index in [1.807, 2.05) is 6.92 Å². The molecule has 0 aromatic heterocycles. The second-order valence-electron chi connectivity index (χ2n) is 3.78. The Morgan fingerprint density at radius 2 is 1.60 bits per heavy atom. The van der Waals surface area contributed by atoms with Crippen molar-refractivity contribution < 1.29 is 9.84 Å². The minimum Gasteiger partial charge on any atom is -0.379 e. The Kier molecular flexibility index (Phi) is 6.87. The van der Waals surface area contributed by atoms with Gasteiger partial charge in [-0.25, -0.2) is 0 Å². The van der Waals surface area contributed by atoms with E-state index < -0.39 is 0 Å². The number of nitrogens with zero attached hydrogens (tertiary/aromatic N) is 1. The number of hydrogen-bond donors (Lipinski definition) is 3. The molecule has 5 heteroatoms. The van der Waals surface area contributed by atoms with Crippen molar-refractivity contribution in [2.24, 2.45) is 0 Å². The van der Waals surface area contributed by atoms with E-state index in [-0.39, 0.29) is 6.23 Å². The standard InChI is InChI=1S/C6H14N2O.C4H9NO/c1-6(9)8-4-2-7-3-5-8;1-3-6-4-2-5-1/h6-7,9H,2-5H2,1H3;5H,1-4H2. The van der Waals surface area contributed by atoms with Crippen LogP contribution in [0.2, 0.25) is 0 Å². The van der Waals surface area contributed by atoms with Gasteiger partial charge in [-0.05, 0) is 6.92 Å². The second-order valence-corrected chi connectivity index (χ2v) is 3.78. The minimum atomic E-state index is -0.271. The third kappa shape index (κ3) is 6.06. The molecule has 1 unspecified atom stereocenters. The molecule has 0 spiro atoms. The van der Waals surface area contributed by atoms with E-state index in [2.05, 4.69) is 15.5 Å². The summed E-state index contributed by atoms with van der Waals surface area (Å²) < 4.78 is 5.01. The Morgan fingerprint density at radius 3 is 1.87 bits per heavy atom. The average molecular weight is 217 g/mol. The van der Waals surface area contributed by atoms with Gasteiger partial charge in [-0.3, -0.25) is 4.90 Å². The maximum atomic E-state index is 9.08. The first-order chi connectivity index (χ1) is 7.30. The van der Waals surface area contributed by atoms with E-state index in [1.54, 1.807) is 0 Å². The first-order valence-electron chi connectivity index (χ1n) is 5.72. The molecule has 5 nitrogen and oxygen atoms in total. The zero-order chi connectivity index (χ0) is 10.9. The summed E-state index contributed by atoms with van der Waals surface area (Å²) in [5.74, 6) is 0. The van der Waals surface area contributed by atoms with Crippen LogP contribution in [0.5, 0.6) is 0 Å². The van der Waals surface area contributed by atoms with Gasteiger partial charge in [0.2, 0.25) is 0 Å². The van der Waals surface area contributed by atoms with Crippen LogP contribution in [-0.4, -0.2) is 68.7 Å². The number of aliphatic hydroxyl groups is 1. The molecule has 90 valence electrons. The maximum absolute atomic E-state index is 9.08. The third-order valence-electron chi connectivity index (χ3n) is 2.53. The number of nitrogens with one attached hydrogen (secondary N) is 2. The minimum absolute atomic E-state index is 0.271. The van der Waals surface area contributed by atoms with Gasteiger partial charge in [0, 0.05) is 39.3 Å². The molecule has 2 saturated heterocycles. The molecule has 0 amide bonds. The van der Waals surface area contributed by atoms with Gasteiger partial charge in [-0.1, -0.05) is 0 Å². The number of rotatable bonds is 1. The van der Waals surface area contributed by atoms with Crippen LogP contribution in [0, 0.1) is 0 Å². The van der Waals surface area contributed by atoms with Gasteiger partial charge in [-0.2, -0.15) is 0 Å². The van der Waals surface area contributed by atoms with Crippen LogP contribution in [0.3, 0.4) is 0 Å². The quantitative estimate of drug-likeness (QED) is 0.517. The van der Waals surface area contributed by atoms with Crippen LogP contribution in [-0.2, 0) is 4.74 Å². The van der Waals surface area contributed by atoms with Crippen molar-refractivity contribution in [3.63, 3.8) is 0 Å². The fraction of sp³-hybridized carbons (Fsp3) is 1.00. The summed E-state index contributed by atoms with van der Waals surface area (Å²) in [6, 6.07) is 0. The zero-order valence-corrected chi connectivity index (χ0v) is 9.54. The third-order valence-corrected chi connectivity index (χ3v) is 2.53. The molecule has 0 radical (unpaired) electrons. The van der Waals surface area contributed by atoms with E-state index >= 15 is 0 Å². The van der Waals surface area contributed by atoms with Gasteiger partial charge in [-0.15, -0.1) is 0 Å². The first-order valence-corrected chi connectivity index (χ1v) is 5.72. The number of hydrogen-bond acceptors (Lipinski definition) is 5. The molecule has 3 N–H and O–H groups in total. The summed E-state index contributed by atoms with van der Waals surface area (Å²) in [4.78, 5) is 2.05. The summed E-state index contributed by atoms with van der Waals surface area (Å²) in [5.41, 5.74) is 0. The number of aliphatic hydroxyl groups excluding tert-OH is 1. The molecule has 2 fully saturated rings. The monoisotopic (exact) mass is 217 g/mol. The molecule has 0 aliphatic carbocycles. The van der Waals surface area contributed by atoms with E-state index in [9.17, 15) is 0 Å². The lowest BCUT2D eigenvalue weighted by Crippen LogP contribution is -2.47. The topological polar surface area (TPSA) is 56.8 Å². The Bertz CT molecular complexity index is 134. The molecule has 2 rings (SSSR count). The normalized spacial score (nSPS) is 25.2. The van der Waals surface area contributed by atoms with Crippen molar-refractivity contribution in [2.75, 3.05) is 52.5 Å². The van der Waals surface area contributed by atoms with Crippen LogP contribution < -0.4 is 10.6 Å². The summed E-state index contributed by atoms with van der Waals surface area (Å²) in [6.07, 6.45) is -0.271. The molecule has 2 aliphatic rings. The second kappa shape index (κ2) is 8.01. The highest BCUT2D eigenvalue weighted by atomic mass is 16.5. The smallest absolute Gasteiger partial charge is 0.104 e. The SMILES string of the molecule is C1COCCN1.CC(O)N1CCNCC1. The number of morpholine rings is 1. The molecule has 0 aromatic rings. The van der Waals surface area contributed by atoms with Crippen LogP contribution in [0.15, 0.2) is 0 Å². The van der Waals surface area contributed by atoms with Gasteiger partial charge in [0.25, 0.3) is 0 Å². The van der Waals surface area contributed by atoms with Crippen molar-refractivity contribution in [1.82, 2.24) is 15.5 Å². The Balaban J connectivity index is 0.000000162. The van der Waals surface area contributed by atoms with E-state index in [1.165, 1.54) is 0 Å². The van der Waals surface area contributed by atoms with Crippen molar-refractivity contribution in [2.45, 2.75) is 13.2 Å². The molecule has 15 heavy (non-hydrogen) atoms. The van der Waals surface area contributed by atoms with Crippen molar-refractivity contribution >= 4 is 0 Å². The maximum Gasteiger partial charge on any atom is 0.104 e. The van der Waals surface area contributed by atoms with Crippen LogP contribution in [0.25, 0.3) is 0 Å². The van der Waals surface area contributed by atoms with Crippen LogP contribution in [0.1, 0.15) is 6.92 Å². The summed E-state index contributed by atoms with van der Waals surface area (Å²) >= 11 is 0. The molecule has 0 saturated carbocycles. The van der Waals surface area contributed by atoms with Crippen LogP contribution in [0.4, 0.5) is 0 Å². The Morgan fingerprint density at radius 1 is 1.07 bits per heavy atom. The van der Waals surface area contributed by atoms with E-state index in [0.29, 0.717) is 0 Å². The van der Waals surface area contributed by atoms with Gasteiger partial charge in [0.1, 0.15) is 6.23 Å². The molecule has 0 bridgehead atoms. The lowest BCUT2D eigenvalue weighted by molar-refractivity contribution is 0.0112. The van der Waals surface area contributed by atoms with Gasteiger partial charge in [0.15, 0.2) is 0 Å². The average Bonchev–Trinajstić information content (AvgIpc) is 2.33. The molecule has 0 aromatic carbocycles. The Labute approximate surface area is 91.8 Å². The molecular weight excluding hydrogens is 194 g/mol. The summed E-state index contributed by atoms with van der Waals surface area (Å²) in [6.45, 7) is 9.59. The number of piperazine rings is 1. The molecule has 2 aliphatic heterocycles. The molecule has 2 heterocycles. The van der Waals surface area contributed by atoms with Crippen molar-refractivity contribution in [3.8, 4) is 0 Å². The summed E-state index contributed by atoms with van der Waals surface area (Å²) in [5, 5.41) is 15.5. The highest BCUT2D eigenvalue weighted by molar-refractivity contribution is 4.67. The first kappa shape index (κ1) is 12.9. The Hall–Kier alpha value is -0.200. The van der Waals surface area contributed by atoms with Crippen LogP contribution >= 0.6 is 0 Å². The van der Waals surface area contributed by atoms with Gasteiger partial charge in [0.05, 0.1) is 13.2 Å². The van der Waals surface area contributed by atoms with E-state index in [0.717, 1.165) is 52.5 Å². The number of ether oxygens (including phenoxy) is 1. The van der Waals surface area contributed by atoms with Gasteiger partial charge >= 0.3 is 0 Å². The van der Waals surface area contributed by atoms with Crippen molar-refractivity contribution in [1.29, 1.82) is 0 Å². The predicted octanol–water partition coefficient (Wildman–Crippen LogP) is -1.16. The largest absolute Gasteiger partial charge is 0.379 e.